The van der Waals surface area contributed by atoms with E-state index in [1.54, 1.807) is 11.4 Å². The summed E-state index contributed by atoms with van der Waals surface area (Å²) in [6.07, 6.45) is -4.53. The van der Waals surface area contributed by atoms with Gasteiger partial charge in [0.25, 0.3) is 5.78 Å². The Kier molecular flexibility index (Phi) is 5.53. The highest BCUT2D eigenvalue weighted by Gasteiger charge is 2.31. The maximum atomic E-state index is 12.9. The lowest BCUT2D eigenvalue weighted by Gasteiger charge is -2.13. The number of nitrogens with one attached hydrogen (secondary N) is 1. The van der Waals surface area contributed by atoms with Crippen LogP contribution in [0.4, 0.5) is 18.9 Å². The van der Waals surface area contributed by atoms with Crippen LogP contribution in [0.2, 0.25) is 5.02 Å². The number of halogens is 4. The third-order valence-electron chi connectivity index (χ3n) is 3.80. The average molecular weight is 430 g/mol. The number of hydrogen-bond donors (Lipinski definition) is 1. The summed E-state index contributed by atoms with van der Waals surface area (Å²) in [6.45, 7) is 5.29. The summed E-state index contributed by atoms with van der Waals surface area (Å²) in [5, 5.41) is 6.39. The van der Waals surface area contributed by atoms with E-state index < -0.39 is 22.9 Å². The number of carbonyl (C=O) groups excluding carboxylic acids is 1. The molecule has 0 aliphatic carbocycles. The van der Waals surface area contributed by atoms with Gasteiger partial charge in [-0.25, -0.2) is 9.50 Å². The number of carbonyl (C=O) groups is 1. The summed E-state index contributed by atoms with van der Waals surface area (Å²) in [4.78, 5) is 21.0. The molecule has 1 amide bonds. The Morgan fingerprint density at radius 3 is 2.64 bits per heavy atom. The topological polar surface area (TPSA) is 72.2 Å². The van der Waals surface area contributed by atoms with E-state index in [-0.39, 0.29) is 10.7 Å². The first-order chi connectivity index (χ1) is 13.0. The molecule has 0 unspecified atom stereocenters. The van der Waals surface area contributed by atoms with Gasteiger partial charge >= 0.3 is 6.18 Å². The van der Waals surface area contributed by atoms with E-state index in [0.29, 0.717) is 10.9 Å². The van der Waals surface area contributed by atoms with E-state index >= 15 is 0 Å². The number of alkyl halides is 3. The van der Waals surface area contributed by atoms with E-state index in [0.717, 1.165) is 41.3 Å². The number of aryl methyl sites for hydroxylation is 2. The highest BCUT2D eigenvalue weighted by atomic mass is 35.5. The number of thioether (sulfide) groups is 1. The minimum absolute atomic E-state index is 0.0136. The fourth-order valence-electron chi connectivity index (χ4n) is 2.44. The van der Waals surface area contributed by atoms with Crippen LogP contribution in [0.25, 0.3) is 5.78 Å². The number of amides is 1. The van der Waals surface area contributed by atoms with Gasteiger partial charge in [-0.05, 0) is 45.0 Å². The van der Waals surface area contributed by atoms with Gasteiger partial charge in [-0.3, -0.25) is 4.79 Å². The molecular weight excluding hydrogens is 415 g/mol. The Hall–Kier alpha value is -2.33. The third-order valence-corrected chi connectivity index (χ3v) is 5.08. The van der Waals surface area contributed by atoms with Gasteiger partial charge in [-0.1, -0.05) is 23.4 Å². The minimum atomic E-state index is -4.53. The highest BCUT2D eigenvalue weighted by Crippen LogP contribution is 2.34. The van der Waals surface area contributed by atoms with Crippen molar-refractivity contribution in [2.75, 3.05) is 5.32 Å². The molecule has 0 fully saturated rings. The van der Waals surface area contributed by atoms with Crippen molar-refractivity contribution < 1.29 is 18.0 Å². The molecule has 11 heteroatoms. The molecule has 0 saturated carbocycles. The van der Waals surface area contributed by atoms with E-state index in [9.17, 15) is 18.0 Å². The van der Waals surface area contributed by atoms with Gasteiger partial charge in [0.1, 0.15) is 0 Å². The molecule has 28 heavy (non-hydrogen) atoms. The molecule has 1 aromatic carbocycles. The second-order valence-electron chi connectivity index (χ2n) is 6.09. The first kappa shape index (κ1) is 20.4. The Balaban J connectivity index is 1.76. The molecule has 1 N–H and O–H groups in total. The lowest BCUT2D eigenvalue weighted by molar-refractivity contribution is -0.137. The molecule has 3 aromatic rings. The Morgan fingerprint density at radius 2 is 1.96 bits per heavy atom. The molecule has 0 radical (unpaired) electrons. The van der Waals surface area contributed by atoms with Crippen LogP contribution in [0.3, 0.4) is 0 Å². The first-order valence-electron chi connectivity index (χ1n) is 8.10. The van der Waals surface area contributed by atoms with Gasteiger partial charge < -0.3 is 5.32 Å². The molecule has 0 bridgehead atoms. The van der Waals surface area contributed by atoms with Crippen molar-refractivity contribution in [3.63, 3.8) is 0 Å². The van der Waals surface area contributed by atoms with Gasteiger partial charge in [0, 0.05) is 11.4 Å². The van der Waals surface area contributed by atoms with Gasteiger partial charge in [0.2, 0.25) is 11.1 Å². The molecule has 0 saturated heterocycles. The second-order valence-corrected chi connectivity index (χ2v) is 7.80. The lowest BCUT2D eigenvalue weighted by Crippen LogP contribution is -2.23. The van der Waals surface area contributed by atoms with Gasteiger partial charge in [-0.2, -0.15) is 18.2 Å². The maximum absolute atomic E-state index is 12.9. The zero-order chi connectivity index (χ0) is 20.6. The van der Waals surface area contributed by atoms with Crippen LogP contribution in [0, 0.1) is 13.8 Å². The molecule has 2 aromatic heterocycles. The summed E-state index contributed by atoms with van der Waals surface area (Å²) in [6, 6.07) is 4.60. The first-order valence-corrected chi connectivity index (χ1v) is 9.35. The molecular formula is C17H15ClF3N5OS. The summed E-state index contributed by atoms with van der Waals surface area (Å²) < 4.78 is 40.1. The summed E-state index contributed by atoms with van der Waals surface area (Å²) in [5.74, 6) is -0.112. The predicted octanol–water partition coefficient (Wildman–Crippen LogP) is 4.53. The maximum Gasteiger partial charge on any atom is 0.416 e. The minimum Gasteiger partial charge on any atom is -0.324 e. The van der Waals surface area contributed by atoms with Crippen LogP contribution in [-0.4, -0.2) is 30.7 Å². The highest BCUT2D eigenvalue weighted by molar-refractivity contribution is 8.00. The average Bonchev–Trinajstić information content (AvgIpc) is 2.98. The fraction of sp³-hybridized carbons (Fsp3) is 0.294. The van der Waals surface area contributed by atoms with E-state index in [4.69, 9.17) is 11.6 Å². The zero-order valence-electron chi connectivity index (χ0n) is 15.0. The van der Waals surface area contributed by atoms with Crippen LogP contribution in [0.5, 0.6) is 0 Å². The molecule has 6 nitrogen and oxygen atoms in total. The number of rotatable bonds is 4. The molecule has 3 rings (SSSR count). The number of aromatic nitrogens is 4. The van der Waals surface area contributed by atoms with Gasteiger partial charge in [0.15, 0.2) is 0 Å². The number of nitrogens with zero attached hydrogens (tertiary/aromatic N) is 4. The van der Waals surface area contributed by atoms with Crippen molar-refractivity contribution >= 4 is 40.7 Å². The van der Waals surface area contributed by atoms with Crippen molar-refractivity contribution in [1.29, 1.82) is 0 Å². The lowest BCUT2D eigenvalue weighted by atomic mass is 10.2. The van der Waals surface area contributed by atoms with Gasteiger partial charge in [0.05, 0.1) is 21.5 Å². The monoisotopic (exact) mass is 429 g/mol. The molecule has 0 aliphatic rings. The summed E-state index contributed by atoms with van der Waals surface area (Å²) in [7, 11) is 0. The molecule has 0 spiro atoms. The van der Waals surface area contributed by atoms with Crippen molar-refractivity contribution in [3.05, 3.63) is 46.2 Å². The van der Waals surface area contributed by atoms with E-state index in [1.807, 2.05) is 19.9 Å². The normalized spacial score (nSPS) is 13.0. The summed E-state index contributed by atoms with van der Waals surface area (Å²) in [5.41, 5.74) is 0.630. The van der Waals surface area contributed by atoms with Crippen LogP contribution in [-0.2, 0) is 11.0 Å². The number of anilines is 1. The van der Waals surface area contributed by atoms with E-state index in [2.05, 4.69) is 20.4 Å². The van der Waals surface area contributed by atoms with Crippen molar-refractivity contribution in [1.82, 2.24) is 19.6 Å². The van der Waals surface area contributed by atoms with E-state index in [1.165, 1.54) is 0 Å². The number of fused-ring (bicyclic) bond motifs is 1. The zero-order valence-corrected chi connectivity index (χ0v) is 16.6. The number of benzene rings is 1. The molecule has 0 aliphatic heterocycles. The smallest absolute Gasteiger partial charge is 0.324 e. The van der Waals surface area contributed by atoms with Crippen LogP contribution in [0.15, 0.2) is 29.4 Å². The fourth-order valence-corrected chi connectivity index (χ4v) is 3.35. The van der Waals surface area contributed by atoms with Crippen molar-refractivity contribution in [2.45, 2.75) is 37.4 Å². The quantitative estimate of drug-likeness (QED) is 0.617. The Morgan fingerprint density at radius 1 is 1.25 bits per heavy atom. The Bertz CT molecular complexity index is 1050. The van der Waals surface area contributed by atoms with Crippen molar-refractivity contribution in [3.8, 4) is 0 Å². The molecule has 148 valence electrons. The second kappa shape index (κ2) is 7.59. The van der Waals surface area contributed by atoms with Crippen molar-refractivity contribution in [2.24, 2.45) is 0 Å². The standard InChI is InChI=1S/C17H15ClF3N5OS/c1-8-6-9(2)26-15(22-8)24-16(25-26)28-10(3)14(27)23-13-7-11(17(19,20)21)4-5-12(13)18/h4-7,10H,1-3H3,(H,23,27)/t10-/m1/s1. The molecule has 1 atom stereocenters. The predicted molar refractivity (Wildman–Crippen MR) is 101 cm³/mol. The molecule has 2 heterocycles. The summed E-state index contributed by atoms with van der Waals surface area (Å²) >= 11 is 6.98. The van der Waals surface area contributed by atoms with Crippen LogP contribution < -0.4 is 5.32 Å². The Labute approximate surface area is 167 Å². The van der Waals surface area contributed by atoms with Gasteiger partial charge in [-0.15, -0.1) is 5.10 Å². The van der Waals surface area contributed by atoms with Crippen LogP contribution >= 0.6 is 23.4 Å². The largest absolute Gasteiger partial charge is 0.416 e. The third kappa shape index (κ3) is 4.39. The SMILES string of the molecule is Cc1cc(C)n2nc(S[C@H](C)C(=O)Nc3cc(C(F)(F)F)ccc3Cl)nc2n1. The number of hydrogen-bond acceptors (Lipinski definition) is 5. The van der Waals surface area contributed by atoms with Crippen LogP contribution in [0.1, 0.15) is 23.9 Å².